The van der Waals surface area contributed by atoms with Crippen LogP contribution in [-0.4, -0.2) is 54.5 Å². The van der Waals surface area contributed by atoms with Crippen LogP contribution in [0.15, 0.2) is 36.0 Å². The summed E-state index contributed by atoms with van der Waals surface area (Å²) in [6.45, 7) is 4.90. The molecule has 0 radical (unpaired) electrons. The Kier molecular flexibility index (Phi) is 10.3. The van der Waals surface area contributed by atoms with Crippen molar-refractivity contribution in [2.45, 2.75) is 39.3 Å². The molecule has 3 amide bonds. The number of hydrogen-bond acceptors (Lipinski definition) is 5. The molecule has 1 aromatic rings. The molecule has 0 aliphatic carbocycles. The highest BCUT2D eigenvalue weighted by atomic mass is 16.4. The third kappa shape index (κ3) is 8.87. The van der Waals surface area contributed by atoms with Gasteiger partial charge < -0.3 is 26.4 Å². The van der Waals surface area contributed by atoms with E-state index in [4.69, 9.17) is 5.11 Å². The Hall–Kier alpha value is -3.20. The molecule has 164 valence electrons. The zero-order valence-corrected chi connectivity index (χ0v) is 17.7. The number of carboxylic acid groups (broad SMARTS) is 1. The average Bonchev–Trinajstić information content (AvgIpc) is 2.70. The van der Waals surface area contributed by atoms with Crippen LogP contribution in [0.4, 0.5) is 0 Å². The van der Waals surface area contributed by atoms with Crippen molar-refractivity contribution >= 4 is 29.8 Å². The summed E-state index contributed by atoms with van der Waals surface area (Å²) >= 11 is 0. The predicted molar refractivity (Wildman–Crippen MR) is 113 cm³/mol. The number of likely N-dealkylation sites (N-methyl/N-ethyl adjacent to an activating group) is 1. The van der Waals surface area contributed by atoms with Gasteiger partial charge in [0.1, 0.15) is 18.3 Å². The van der Waals surface area contributed by atoms with Gasteiger partial charge in [-0.3, -0.25) is 19.2 Å². The van der Waals surface area contributed by atoms with E-state index in [1.54, 1.807) is 44.3 Å². The second-order valence-electron chi connectivity index (χ2n) is 7.24. The molecule has 0 bridgehead atoms. The van der Waals surface area contributed by atoms with Crippen LogP contribution in [0, 0.1) is 5.92 Å². The van der Waals surface area contributed by atoms with Gasteiger partial charge in [-0.2, -0.15) is 0 Å². The first kappa shape index (κ1) is 24.8. The van der Waals surface area contributed by atoms with Gasteiger partial charge in [0.2, 0.25) is 11.8 Å². The highest BCUT2D eigenvalue weighted by Gasteiger charge is 2.26. The minimum atomic E-state index is -1.21. The van der Waals surface area contributed by atoms with Crippen molar-refractivity contribution in [1.82, 2.24) is 21.3 Å². The molecule has 0 aliphatic rings. The van der Waals surface area contributed by atoms with Gasteiger partial charge in [-0.25, -0.2) is 0 Å². The van der Waals surface area contributed by atoms with Gasteiger partial charge in [0.05, 0.1) is 6.04 Å². The molecule has 0 aromatic heterocycles. The number of benzene rings is 1. The maximum Gasteiger partial charge on any atom is 0.322 e. The number of hydrogen-bond donors (Lipinski definition) is 5. The molecule has 1 aromatic carbocycles. The minimum Gasteiger partial charge on any atom is -0.480 e. The lowest BCUT2D eigenvalue weighted by atomic mass is 10.0. The van der Waals surface area contributed by atoms with Crippen molar-refractivity contribution in [2.75, 3.05) is 13.6 Å². The molecular weight excluding hydrogens is 388 g/mol. The predicted octanol–water partition coefficient (Wildman–Crippen LogP) is 0.483. The van der Waals surface area contributed by atoms with Crippen LogP contribution >= 0.6 is 0 Å². The van der Waals surface area contributed by atoms with Gasteiger partial charge in [0.15, 0.2) is 0 Å². The molecule has 30 heavy (non-hydrogen) atoms. The van der Waals surface area contributed by atoms with Gasteiger partial charge in [-0.15, -0.1) is 0 Å². The monoisotopic (exact) mass is 418 g/mol. The molecule has 0 aliphatic heterocycles. The molecule has 0 saturated carbocycles. The van der Waals surface area contributed by atoms with E-state index in [0.717, 1.165) is 0 Å². The van der Waals surface area contributed by atoms with E-state index in [1.807, 2.05) is 13.8 Å². The van der Waals surface area contributed by atoms with Crippen LogP contribution in [0.3, 0.4) is 0 Å². The lowest BCUT2D eigenvalue weighted by Crippen LogP contribution is -2.52. The van der Waals surface area contributed by atoms with Crippen LogP contribution in [0.25, 0.3) is 6.08 Å². The first-order valence-corrected chi connectivity index (χ1v) is 9.69. The minimum absolute atomic E-state index is 0.105. The Morgan fingerprint density at radius 2 is 1.67 bits per heavy atom. The summed E-state index contributed by atoms with van der Waals surface area (Å²) in [6.07, 6.45) is 1.81. The third-order valence-corrected chi connectivity index (χ3v) is 4.18. The Morgan fingerprint density at radius 1 is 1.03 bits per heavy atom. The summed E-state index contributed by atoms with van der Waals surface area (Å²) in [5.74, 6) is -2.75. The summed E-state index contributed by atoms with van der Waals surface area (Å²) in [5, 5.41) is 19.1. The number of amides is 3. The van der Waals surface area contributed by atoms with Crippen molar-refractivity contribution in [3.05, 3.63) is 41.6 Å². The number of nitrogens with one attached hydrogen (secondary N) is 4. The first-order valence-electron chi connectivity index (χ1n) is 9.69. The van der Waals surface area contributed by atoms with Gasteiger partial charge in [0, 0.05) is 0 Å². The van der Waals surface area contributed by atoms with Crippen LogP contribution in [0.5, 0.6) is 0 Å². The molecule has 0 heterocycles. The fourth-order valence-electron chi connectivity index (χ4n) is 2.48. The fourth-order valence-corrected chi connectivity index (χ4v) is 2.48. The molecule has 2 atom stereocenters. The van der Waals surface area contributed by atoms with E-state index in [9.17, 15) is 19.2 Å². The SMILES string of the molecule is CN[C@@H](C)C(=O)N[C@@H](CC(C)C)C(=O)N/C(=C\c1ccccc1)C(=O)NCC(=O)O. The normalized spacial score (nSPS) is 13.3. The molecule has 9 heteroatoms. The second-order valence-corrected chi connectivity index (χ2v) is 7.24. The number of carboxylic acids is 1. The largest absolute Gasteiger partial charge is 0.480 e. The standard InChI is InChI=1S/C21H30N4O5/c1-13(2)10-16(24-19(28)14(3)22-4)21(30)25-17(20(29)23-12-18(26)27)11-15-8-6-5-7-9-15/h5-9,11,13-14,16,22H,10,12H2,1-4H3,(H,23,29)(H,24,28)(H,25,30)(H,26,27)/b17-11-/t14-,16-/m0/s1. The number of carbonyl (C=O) groups is 4. The van der Waals surface area contributed by atoms with Crippen molar-refractivity contribution in [3.63, 3.8) is 0 Å². The highest BCUT2D eigenvalue weighted by molar-refractivity contribution is 6.03. The molecule has 9 nitrogen and oxygen atoms in total. The highest BCUT2D eigenvalue weighted by Crippen LogP contribution is 2.09. The lowest BCUT2D eigenvalue weighted by Gasteiger charge is -2.22. The van der Waals surface area contributed by atoms with Crippen LogP contribution in [0.2, 0.25) is 0 Å². The smallest absolute Gasteiger partial charge is 0.322 e. The summed E-state index contributed by atoms with van der Waals surface area (Å²) in [7, 11) is 1.63. The molecular formula is C21H30N4O5. The van der Waals surface area contributed by atoms with Crippen molar-refractivity contribution in [2.24, 2.45) is 5.92 Å². The van der Waals surface area contributed by atoms with E-state index >= 15 is 0 Å². The van der Waals surface area contributed by atoms with Gasteiger partial charge in [-0.05, 0) is 37.9 Å². The van der Waals surface area contributed by atoms with E-state index in [1.165, 1.54) is 6.08 Å². The number of rotatable bonds is 11. The quantitative estimate of drug-likeness (QED) is 0.332. The molecule has 0 unspecified atom stereocenters. The summed E-state index contributed by atoms with van der Waals surface area (Å²) in [6, 6.07) is 7.45. The zero-order chi connectivity index (χ0) is 22.7. The third-order valence-electron chi connectivity index (χ3n) is 4.18. The Balaban J connectivity index is 3.08. The summed E-state index contributed by atoms with van der Waals surface area (Å²) in [5.41, 5.74) is 0.531. The Labute approximate surface area is 176 Å². The van der Waals surface area contributed by atoms with Gasteiger partial charge in [0.25, 0.3) is 5.91 Å². The fraction of sp³-hybridized carbons (Fsp3) is 0.429. The zero-order valence-electron chi connectivity index (χ0n) is 17.7. The number of carbonyl (C=O) groups excluding carboxylic acids is 3. The van der Waals surface area contributed by atoms with Gasteiger partial charge in [-0.1, -0.05) is 44.2 Å². The first-order chi connectivity index (χ1) is 14.1. The lowest BCUT2D eigenvalue weighted by molar-refractivity contribution is -0.137. The molecule has 5 N–H and O–H groups in total. The number of aliphatic carboxylic acids is 1. The van der Waals surface area contributed by atoms with Gasteiger partial charge >= 0.3 is 5.97 Å². The topological polar surface area (TPSA) is 137 Å². The van der Waals surface area contributed by atoms with Crippen molar-refractivity contribution in [3.8, 4) is 0 Å². The second kappa shape index (κ2) is 12.4. The maximum atomic E-state index is 12.9. The summed E-state index contributed by atoms with van der Waals surface area (Å²) in [4.78, 5) is 48.4. The van der Waals surface area contributed by atoms with Crippen molar-refractivity contribution < 1.29 is 24.3 Å². The average molecular weight is 418 g/mol. The molecule has 1 rings (SSSR count). The van der Waals surface area contributed by atoms with E-state index < -0.39 is 36.4 Å². The van der Waals surface area contributed by atoms with Crippen molar-refractivity contribution in [1.29, 1.82) is 0 Å². The Bertz CT molecular complexity index is 777. The van der Waals surface area contributed by atoms with E-state index in [-0.39, 0.29) is 17.5 Å². The van der Waals surface area contributed by atoms with Crippen LogP contribution in [-0.2, 0) is 19.2 Å². The molecule has 0 saturated heterocycles. The van der Waals surface area contributed by atoms with Crippen LogP contribution in [0.1, 0.15) is 32.8 Å². The Morgan fingerprint density at radius 3 is 2.20 bits per heavy atom. The van der Waals surface area contributed by atoms with E-state index in [0.29, 0.717) is 12.0 Å². The van der Waals surface area contributed by atoms with Crippen LogP contribution < -0.4 is 21.3 Å². The molecule has 0 fully saturated rings. The van der Waals surface area contributed by atoms with E-state index in [2.05, 4.69) is 21.3 Å². The summed E-state index contributed by atoms with van der Waals surface area (Å²) < 4.78 is 0. The maximum absolute atomic E-state index is 12.9. The molecule has 0 spiro atoms.